The Hall–Kier alpha value is -1.72. The van der Waals surface area contributed by atoms with Crippen molar-refractivity contribution in [2.75, 3.05) is 23.7 Å². The van der Waals surface area contributed by atoms with Gasteiger partial charge in [0.05, 0.1) is 17.9 Å². The molecule has 0 atom stereocenters. The summed E-state index contributed by atoms with van der Waals surface area (Å²) in [6.07, 6.45) is 0. The van der Waals surface area contributed by atoms with E-state index < -0.39 is 0 Å². The van der Waals surface area contributed by atoms with Crippen LogP contribution >= 0.6 is 0 Å². The number of nitrogens with two attached hydrogens (primary N) is 2. The first-order valence-corrected chi connectivity index (χ1v) is 6.59. The second-order valence-corrected chi connectivity index (χ2v) is 5.64. The summed E-state index contributed by atoms with van der Waals surface area (Å²) in [5.74, 6) is 1.05. The van der Waals surface area contributed by atoms with Crippen molar-refractivity contribution in [2.24, 2.45) is 18.7 Å². The summed E-state index contributed by atoms with van der Waals surface area (Å²) in [7, 11) is 1.84. The van der Waals surface area contributed by atoms with E-state index in [4.69, 9.17) is 11.5 Å². The molecule has 0 radical (unpaired) electrons. The van der Waals surface area contributed by atoms with Crippen LogP contribution in [0.15, 0.2) is 0 Å². The van der Waals surface area contributed by atoms with Crippen molar-refractivity contribution >= 4 is 17.4 Å². The van der Waals surface area contributed by atoms with Crippen LogP contribution < -0.4 is 16.4 Å². The van der Waals surface area contributed by atoms with Gasteiger partial charge < -0.3 is 16.4 Å². The van der Waals surface area contributed by atoms with Crippen LogP contribution in [-0.4, -0.2) is 28.8 Å². The van der Waals surface area contributed by atoms with E-state index in [1.165, 1.54) is 0 Å². The van der Waals surface area contributed by atoms with Gasteiger partial charge in [-0.2, -0.15) is 5.10 Å². The summed E-state index contributed by atoms with van der Waals surface area (Å²) in [6.45, 7) is 9.13. The highest BCUT2D eigenvalue weighted by Gasteiger charge is 2.22. The van der Waals surface area contributed by atoms with Crippen molar-refractivity contribution in [3.8, 4) is 0 Å². The lowest BCUT2D eigenvalue weighted by Gasteiger charge is -2.25. The van der Waals surface area contributed by atoms with Crippen molar-refractivity contribution < 1.29 is 4.79 Å². The summed E-state index contributed by atoms with van der Waals surface area (Å²) in [6, 6.07) is 0. The summed E-state index contributed by atoms with van der Waals surface area (Å²) in [5.41, 5.74) is 13.0. The number of hydrogen-bond acceptors (Lipinski definition) is 4. The van der Waals surface area contributed by atoms with Crippen LogP contribution in [-0.2, 0) is 11.8 Å². The predicted molar refractivity (Wildman–Crippen MR) is 78.0 cm³/mol. The Morgan fingerprint density at radius 2 is 1.95 bits per heavy atom. The minimum atomic E-state index is -0.368. The molecule has 0 aromatic carbocycles. The van der Waals surface area contributed by atoms with Gasteiger partial charge in [-0.25, -0.2) is 0 Å². The Labute approximate surface area is 114 Å². The van der Waals surface area contributed by atoms with Crippen molar-refractivity contribution in [2.45, 2.75) is 33.6 Å². The molecular weight excluding hydrogens is 242 g/mol. The van der Waals surface area contributed by atoms with Crippen LogP contribution in [0.5, 0.6) is 0 Å². The minimum Gasteiger partial charge on any atom is -0.394 e. The van der Waals surface area contributed by atoms with Crippen LogP contribution in [0.25, 0.3) is 0 Å². The first-order valence-electron chi connectivity index (χ1n) is 6.59. The number of aromatic nitrogens is 2. The molecule has 0 aliphatic rings. The quantitative estimate of drug-likeness (QED) is 0.806. The first kappa shape index (κ1) is 15.3. The number of carbonyl (C=O) groups is 1. The summed E-state index contributed by atoms with van der Waals surface area (Å²) in [5, 5.41) is 4.44. The molecular formula is C13H25N5O. The molecule has 1 amide bonds. The fourth-order valence-corrected chi connectivity index (χ4v) is 2.21. The lowest BCUT2D eigenvalue weighted by atomic mass is 10.1. The highest BCUT2D eigenvalue weighted by molar-refractivity contribution is 5.81. The lowest BCUT2D eigenvalue weighted by molar-refractivity contribution is -0.116. The van der Waals surface area contributed by atoms with Gasteiger partial charge in [-0.15, -0.1) is 0 Å². The maximum Gasteiger partial charge on any atom is 0.236 e. The van der Waals surface area contributed by atoms with Gasteiger partial charge in [0.25, 0.3) is 0 Å². The number of rotatable bonds is 6. The zero-order valence-electron chi connectivity index (χ0n) is 12.5. The summed E-state index contributed by atoms with van der Waals surface area (Å²) in [4.78, 5) is 13.1. The molecule has 108 valence electrons. The van der Waals surface area contributed by atoms with Crippen molar-refractivity contribution in [3.63, 3.8) is 0 Å². The average Bonchev–Trinajstić information content (AvgIpc) is 2.52. The second kappa shape index (κ2) is 5.95. The monoisotopic (exact) mass is 267 g/mol. The number of nitrogens with zero attached hydrogens (tertiary/aromatic N) is 3. The van der Waals surface area contributed by atoms with Gasteiger partial charge in [-0.05, 0) is 11.8 Å². The molecule has 19 heavy (non-hydrogen) atoms. The molecule has 1 aromatic heterocycles. The van der Waals surface area contributed by atoms with Crippen molar-refractivity contribution in [1.82, 2.24) is 9.78 Å². The Kier molecular flexibility index (Phi) is 4.80. The van der Waals surface area contributed by atoms with E-state index in [0.29, 0.717) is 18.2 Å². The summed E-state index contributed by atoms with van der Waals surface area (Å²) < 4.78 is 1.73. The number of hydrogen-bond donors (Lipinski definition) is 2. The average molecular weight is 267 g/mol. The van der Waals surface area contributed by atoms with Gasteiger partial charge >= 0.3 is 0 Å². The van der Waals surface area contributed by atoms with Crippen molar-refractivity contribution in [1.29, 1.82) is 0 Å². The van der Waals surface area contributed by atoms with E-state index in [0.717, 1.165) is 11.5 Å². The number of aryl methyl sites for hydroxylation is 1. The number of nitrogen functional groups attached to an aromatic ring is 1. The van der Waals surface area contributed by atoms with Crippen LogP contribution in [0.4, 0.5) is 11.5 Å². The van der Waals surface area contributed by atoms with E-state index in [2.05, 4.69) is 18.9 Å². The molecule has 0 saturated heterocycles. The van der Waals surface area contributed by atoms with Gasteiger partial charge in [0.2, 0.25) is 5.91 Å². The van der Waals surface area contributed by atoms with Gasteiger partial charge in [0, 0.05) is 13.6 Å². The molecule has 1 aromatic rings. The van der Waals surface area contributed by atoms with Gasteiger partial charge in [0.15, 0.2) is 5.82 Å². The third kappa shape index (κ3) is 3.62. The topological polar surface area (TPSA) is 90.2 Å². The molecule has 0 aliphatic carbocycles. The molecule has 1 heterocycles. The van der Waals surface area contributed by atoms with Crippen molar-refractivity contribution in [3.05, 3.63) is 5.69 Å². The molecule has 4 N–H and O–H groups in total. The Balaban J connectivity index is 3.17. The van der Waals surface area contributed by atoms with Crippen LogP contribution in [0.1, 0.15) is 39.3 Å². The number of anilines is 2. The standard InChI is InChI=1S/C13H25N5O/c1-8(2)6-18(7-10(14)19)13-11(15)12(9(3)4)16-17(13)5/h8-9H,6-7,15H2,1-5H3,(H2,14,19). The molecule has 0 aliphatic heterocycles. The molecule has 6 nitrogen and oxygen atoms in total. The first-order chi connectivity index (χ1) is 8.73. The highest BCUT2D eigenvalue weighted by atomic mass is 16.1. The van der Waals surface area contributed by atoms with Gasteiger partial charge in [-0.1, -0.05) is 27.7 Å². The van der Waals surface area contributed by atoms with E-state index in [9.17, 15) is 4.79 Å². The van der Waals surface area contributed by atoms with Gasteiger partial charge in [-0.3, -0.25) is 9.48 Å². The molecule has 1 rings (SSSR count). The van der Waals surface area contributed by atoms with E-state index in [1.807, 2.05) is 25.8 Å². The number of amides is 1. The molecule has 0 bridgehead atoms. The molecule has 0 unspecified atom stereocenters. The SMILES string of the molecule is CC(C)CN(CC(N)=O)c1c(N)c(C(C)C)nn1C. The third-order valence-electron chi connectivity index (χ3n) is 2.86. The molecule has 6 heteroatoms. The molecule has 0 fully saturated rings. The Morgan fingerprint density at radius 3 is 2.32 bits per heavy atom. The van der Waals surface area contributed by atoms with Crippen LogP contribution in [0, 0.1) is 5.92 Å². The number of primary amides is 1. The zero-order valence-corrected chi connectivity index (χ0v) is 12.5. The third-order valence-corrected chi connectivity index (χ3v) is 2.86. The smallest absolute Gasteiger partial charge is 0.236 e. The Morgan fingerprint density at radius 1 is 1.37 bits per heavy atom. The lowest BCUT2D eigenvalue weighted by Crippen LogP contribution is -2.37. The summed E-state index contributed by atoms with van der Waals surface area (Å²) >= 11 is 0. The van der Waals surface area contributed by atoms with E-state index in [-0.39, 0.29) is 18.4 Å². The maximum atomic E-state index is 11.2. The zero-order chi connectivity index (χ0) is 14.7. The minimum absolute atomic E-state index is 0.152. The van der Waals surface area contributed by atoms with E-state index >= 15 is 0 Å². The van der Waals surface area contributed by atoms with E-state index in [1.54, 1.807) is 4.68 Å². The highest BCUT2D eigenvalue weighted by Crippen LogP contribution is 2.30. The second-order valence-electron chi connectivity index (χ2n) is 5.64. The normalized spacial score (nSPS) is 11.3. The predicted octanol–water partition coefficient (Wildman–Crippen LogP) is 1.07. The molecule has 0 saturated carbocycles. The van der Waals surface area contributed by atoms with Crippen LogP contribution in [0.2, 0.25) is 0 Å². The Bertz CT molecular complexity index is 450. The molecule has 0 spiro atoms. The maximum absolute atomic E-state index is 11.2. The fourth-order valence-electron chi connectivity index (χ4n) is 2.21. The number of carbonyl (C=O) groups excluding carboxylic acids is 1. The van der Waals surface area contributed by atoms with Crippen LogP contribution in [0.3, 0.4) is 0 Å². The largest absolute Gasteiger partial charge is 0.394 e. The van der Waals surface area contributed by atoms with Gasteiger partial charge in [0.1, 0.15) is 0 Å². The fraction of sp³-hybridized carbons (Fsp3) is 0.692.